The first-order chi connectivity index (χ1) is 7.58. The van der Waals surface area contributed by atoms with Crippen LogP contribution < -0.4 is 0 Å². The Balaban J connectivity index is 2.39. The lowest BCUT2D eigenvalue weighted by atomic mass is 10.1. The predicted molar refractivity (Wildman–Crippen MR) is 61.6 cm³/mol. The average molecular weight is 220 g/mol. The van der Waals surface area contributed by atoms with Crippen LogP contribution in [0.5, 0.6) is 0 Å². The summed E-state index contributed by atoms with van der Waals surface area (Å²) in [6.07, 6.45) is 0.0283. The van der Waals surface area contributed by atoms with Crippen molar-refractivity contribution in [3.05, 3.63) is 48.2 Å². The third-order valence-electron chi connectivity index (χ3n) is 1.91. The Morgan fingerprint density at radius 1 is 1.31 bits per heavy atom. The maximum absolute atomic E-state index is 10.7. The van der Waals surface area contributed by atoms with Gasteiger partial charge in [0, 0.05) is 20.3 Å². The summed E-state index contributed by atoms with van der Waals surface area (Å²) in [5, 5.41) is 0. The van der Waals surface area contributed by atoms with Crippen LogP contribution in [0.15, 0.2) is 42.7 Å². The number of hydrogen-bond acceptors (Lipinski definition) is 3. The molecule has 1 rings (SSSR count). The van der Waals surface area contributed by atoms with Crippen LogP contribution in [0.2, 0.25) is 0 Å². The van der Waals surface area contributed by atoms with Gasteiger partial charge in [-0.15, -0.1) is 0 Å². The number of esters is 1. The van der Waals surface area contributed by atoms with E-state index >= 15 is 0 Å². The van der Waals surface area contributed by atoms with E-state index in [1.807, 2.05) is 30.3 Å². The summed E-state index contributed by atoms with van der Waals surface area (Å²) in [6, 6.07) is 9.85. The highest BCUT2D eigenvalue weighted by atomic mass is 16.7. The molecule has 0 saturated carbocycles. The number of ether oxygens (including phenoxy) is 2. The molecule has 0 radical (unpaired) electrons. The second-order valence-corrected chi connectivity index (χ2v) is 3.50. The molecule has 1 aromatic carbocycles. The van der Waals surface area contributed by atoms with Crippen molar-refractivity contribution in [3.63, 3.8) is 0 Å². The maximum atomic E-state index is 10.7. The van der Waals surface area contributed by atoms with E-state index in [0.29, 0.717) is 12.2 Å². The highest BCUT2D eigenvalue weighted by Crippen LogP contribution is 2.10. The molecule has 16 heavy (non-hydrogen) atoms. The van der Waals surface area contributed by atoms with Crippen LogP contribution in [0.1, 0.15) is 19.4 Å². The van der Waals surface area contributed by atoms with Crippen LogP contribution in [0, 0.1) is 0 Å². The standard InChI is InChI=1S/C13H16O3/c1-10(15-12(3)16-11(2)14)9-13-7-5-4-6-8-13/h4-8,12H,1,9H2,2-3H3. The topological polar surface area (TPSA) is 35.5 Å². The van der Waals surface area contributed by atoms with Crippen molar-refractivity contribution in [2.24, 2.45) is 0 Å². The fraction of sp³-hybridized carbons (Fsp3) is 0.308. The first-order valence-electron chi connectivity index (χ1n) is 5.13. The molecule has 0 fully saturated rings. The van der Waals surface area contributed by atoms with Crippen LogP contribution in [-0.4, -0.2) is 12.3 Å². The van der Waals surface area contributed by atoms with Gasteiger partial charge >= 0.3 is 5.97 Å². The van der Waals surface area contributed by atoms with E-state index in [1.54, 1.807) is 6.92 Å². The molecular formula is C13H16O3. The van der Waals surface area contributed by atoms with Crippen molar-refractivity contribution in [3.8, 4) is 0 Å². The van der Waals surface area contributed by atoms with Gasteiger partial charge in [0.05, 0.1) is 5.76 Å². The van der Waals surface area contributed by atoms with Gasteiger partial charge in [-0.05, 0) is 5.56 Å². The summed E-state index contributed by atoms with van der Waals surface area (Å²) < 4.78 is 10.2. The predicted octanol–water partition coefficient (Wildman–Crippen LogP) is 2.67. The van der Waals surface area contributed by atoms with Gasteiger partial charge in [0.15, 0.2) is 0 Å². The molecule has 0 heterocycles. The molecule has 0 aliphatic rings. The highest BCUT2D eigenvalue weighted by Gasteiger charge is 2.07. The fourth-order valence-electron chi connectivity index (χ4n) is 1.36. The van der Waals surface area contributed by atoms with E-state index in [0.717, 1.165) is 5.56 Å². The normalized spacial score (nSPS) is 11.6. The summed E-state index contributed by atoms with van der Waals surface area (Å²) in [4.78, 5) is 10.7. The SMILES string of the molecule is C=C(Cc1ccccc1)OC(C)OC(C)=O. The smallest absolute Gasteiger partial charge is 0.305 e. The minimum absolute atomic E-state index is 0.361. The van der Waals surface area contributed by atoms with Crippen molar-refractivity contribution in [1.82, 2.24) is 0 Å². The Hall–Kier alpha value is -1.77. The first kappa shape index (κ1) is 12.3. The lowest BCUT2D eigenvalue weighted by molar-refractivity contribution is -0.165. The molecule has 0 aliphatic carbocycles. The van der Waals surface area contributed by atoms with Crippen LogP contribution in [0.25, 0.3) is 0 Å². The van der Waals surface area contributed by atoms with Crippen molar-refractivity contribution < 1.29 is 14.3 Å². The molecule has 0 saturated heterocycles. The third kappa shape index (κ3) is 4.64. The van der Waals surface area contributed by atoms with Crippen LogP contribution in [-0.2, 0) is 20.7 Å². The first-order valence-corrected chi connectivity index (χ1v) is 5.13. The third-order valence-corrected chi connectivity index (χ3v) is 1.91. The van der Waals surface area contributed by atoms with E-state index < -0.39 is 6.29 Å². The van der Waals surface area contributed by atoms with Crippen molar-refractivity contribution in [2.45, 2.75) is 26.6 Å². The fourth-order valence-corrected chi connectivity index (χ4v) is 1.36. The molecule has 1 aromatic rings. The summed E-state index contributed by atoms with van der Waals surface area (Å²) in [7, 11) is 0. The Kier molecular flexibility index (Phi) is 4.58. The second kappa shape index (κ2) is 5.95. The monoisotopic (exact) mass is 220 g/mol. The number of benzene rings is 1. The molecule has 1 unspecified atom stereocenters. The van der Waals surface area contributed by atoms with Crippen molar-refractivity contribution in [1.29, 1.82) is 0 Å². The lowest BCUT2D eigenvalue weighted by Gasteiger charge is -2.15. The van der Waals surface area contributed by atoms with E-state index in [9.17, 15) is 4.79 Å². The van der Waals surface area contributed by atoms with Gasteiger partial charge in [-0.25, -0.2) is 0 Å². The maximum Gasteiger partial charge on any atom is 0.305 e. The summed E-state index contributed by atoms with van der Waals surface area (Å²) in [5.41, 5.74) is 1.11. The number of allylic oxidation sites excluding steroid dienone is 1. The van der Waals surface area contributed by atoms with Gasteiger partial charge in [-0.2, -0.15) is 0 Å². The van der Waals surface area contributed by atoms with E-state index in [4.69, 9.17) is 9.47 Å². The van der Waals surface area contributed by atoms with E-state index in [2.05, 4.69) is 6.58 Å². The lowest BCUT2D eigenvalue weighted by Crippen LogP contribution is -2.16. The number of hydrogen-bond donors (Lipinski definition) is 0. The summed E-state index contributed by atoms with van der Waals surface area (Å²) >= 11 is 0. The van der Waals surface area contributed by atoms with Crippen LogP contribution >= 0.6 is 0 Å². The largest absolute Gasteiger partial charge is 0.460 e. The van der Waals surface area contributed by atoms with Gasteiger partial charge in [-0.1, -0.05) is 36.9 Å². The molecule has 3 heteroatoms. The van der Waals surface area contributed by atoms with Gasteiger partial charge in [0.25, 0.3) is 0 Å². The minimum Gasteiger partial charge on any atom is -0.460 e. The van der Waals surface area contributed by atoms with Gasteiger partial charge in [0.2, 0.25) is 6.29 Å². The number of carbonyl (C=O) groups is 1. The molecule has 0 spiro atoms. The quantitative estimate of drug-likeness (QED) is 0.435. The zero-order valence-corrected chi connectivity index (χ0v) is 9.60. The molecule has 0 bridgehead atoms. The zero-order chi connectivity index (χ0) is 12.0. The van der Waals surface area contributed by atoms with Crippen molar-refractivity contribution >= 4 is 5.97 Å². The van der Waals surface area contributed by atoms with Gasteiger partial charge < -0.3 is 9.47 Å². The van der Waals surface area contributed by atoms with E-state index in [-0.39, 0.29) is 5.97 Å². The summed E-state index contributed by atoms with van der Waals surface area (Å²) in [6.45, 7) is 6.80. The number of rotatable bonds is 5. The van der Waals surface area contributed by atoms with Gasteiger partial charge in [-0.3, -0.25) is 4.79 Å². The Morgan fingerprint density at radius 3 is 2.50 bits per heavy atom. The molecule has 0 amide bonds. The van der Waals surface area contributed by atoms with Gasteiger partial charge in [0.1, 0.15) is 0 Å². The minimum atomic E-state index is -0.589. The van der Waals surface area contributed by atoms with Crippen molar-refractivity contribution in [2.75, 3.05) is 0 Å². The molecule has 0 aliphatic heterocycles. The average Bonchev–Trinajstić information content (AvgIpc) is 2.17. The molecule has 0 N–H and O–H groups in total. The highest BCUT2D eigenvalue weighted by molar-refractivity contribution is 5.65. The summed E-state index contributed by atoms with van der Waals surface area (Å²) in [5.74, 6) is 0.222. The second-order valence-electron chi connectivity index (χ2n) is 3.50. The Bertz CT molecular complexity index is 357. The molecule has 86 valence electrons. The van der Waals surface area contributed by atoms with E-state index in [1.165, 1.54) is 6.92 Å². The Labute approximate surface area is 95.7 Å². The molecular weight excluding hydrogens is 204 g/mol. The van der Waals surface area contributed by atoms with Crippen LogP contribution in [0.3, 0.4) is 0 Å². The number of carbonyl (C=O) groups excluding carboxylic acids is 1. The molecule has 1 atom stereocenters. The Morgan fingerprint density at radius 2 is 1.94 bits per heavy atom. The zero-order valence-electron chi connectivity index (χ0n) is 9.60. The molecule has 3 nitrogen and oxygen atoms in total. The molecule has 0 aromatic heterocycles. The van der Waals surface area contributed by atoms with Crippen LogP contribution in [0.4, 0.5) is 0 Å².